The molecule has 0 saturated carbocycles. The maximum Gasteiger partial charge on any atom is 0.265 e. The van der Waals surface area contributed by atoms with Crippen LogP contribution >= 0.6 is 11.8 Å². The summed E-state index contributed by atoms with van der Waals surface area (Å²) in [7, 11) is 0. The maximum absolute atomic E-state index is 13.7. The van der Waals surface area contributed by atoms with Crippen molar-refractivity contribution in [2.24, 2.45) is 0 Å². The molecule has 7 nitrogen and oxygen atoms in total. The number of benzene rings is 3. The van der Waals surface area contributed by atoms with Crippen LogP contribution in [0.25, 0.3) is 6.08 Å². The van der Waals surface area contributed by atoms with Gasteiger partial charge in [-0.1, -0.05) is 60.3 Å². The van der Waals surface area contributed by atoms with Crippen molar-refractivity contribution in [2.75, 3.05) is 36.0 Å². The Morgan fingerprint density at radius 1 is 0.875 bits per heavy atom. The zero-order valence-electron chi connectivity index (χ0n) is 22.2. The molecule has 1 aromatic heterocycles. The molecule has 0 bridgehead atoms. The summed E-state index contributed by atoms with van der Waals surface area (Å²) in [6.45, 7) is 5.20. The molecule has 2 amide bonds. The number of carbonyl (C=O) groups excluding carboxylic acids is 2. The Hall–Kier alpha value is -4.43. The van der Waals surface area contributed by atoms with Crippen LogP contribution in [-0.2, 0) is 11.3 Å². The number of hydrogen-bond donors (Lipinski definition) is 0. The molecule has 0 spiro atoms. The third-order valence-electron chi connectivity index (χ3n) is 7.28. The molecule has 3 aromatic carbocycles. The third kappa shape index (κ3) is 5.35. The minimum Gasteiger partial charge on any atom is -0.337 e. The number of anilines is 2. The van der Waals surface area contributed by atoms with E-state index < -0.39 is 0 Å². The summed E-state index contributed by atoms with van der Waals surface area (Å²) in [5.74, 6) is 0.684. The molecule has 0 atom stereocenters. The Balaban J connectivity index is 1.17. The van der Waals surface area contributed by atoms with E-state index in [9.17, 15) is 9.59 Å². The highest BCUT2D eigenvalue weighted by Crippen LogP contribution is 2.42. The van der Waals surface area contributed by atoms with Crippen molar-refractivity contribution in [1.29, 1.82) is 0 Å². The van der Waals surface area contributed by atoms with Crippen LogP contribution in [0.5, 0.6) is 0 Å². The number of thioether (sulfide) groups is 1. The second-order valence-electron chi connectivity index (χ2n) is 9.85. The van der Waals surface area contributed by atoms with Gasteiger partial charge in [-0.3, -0.25) is 9.59 Å². The Labute approximate surface area is 238 Å². The molecule has 2 aliphatic heterocycles. The van der Waals surface area contributed by atoms with Crippen LogP contribution in [0.1, 0.15) is 27.0 Å². The molecule has 8 heteroatoms. The minimum atomic E-state index is -0.0210. The molecule has 0 N–H and O–H groups in total. The normalized spacial score (nSPS) is 16.3. The molecular weight excluding hydrogens is 518 g/mol. The number of aryl methyl sites for hydroxylation is 1. The zero-order valence-corrected chi connectivity index (χ0v) is 23.1. The number of rotatable bonds is 5. The lowest BCUT2D eigenvalue weighted by Gasteiger charge is -2.34. The van der Waals surface area contributed by atoms with Gasteiger partial charge in [-0.05, 0) is 60.0 Å². The van der Waals surface area contributed by atoms with E-state index in [0.717, 1.165) is 27.3 Å². The fraction of sp³-hybridized carbons (Fsp3) is 0.188. The van der Waals surface area contributed by atoms with Crippen LogP contribution in [0.3, 0.4) is 0 Å². The van der Waals surface area contributed by atoms with Gasteiger partial charge in [0.05, 0.1) is 17.1 Å². The number of aromatic nitrogens is 2. The quantitative estimate of drug-likeness (QED) is 0.311. The van der Waals surface area contributed by atoms with Gasteiger partial charge in [0.2, 0.25) is 5.95 Å². The van der Waals surface area contributed by atoms with Crippen molar-refractivity contribution in [3.8, 4) is 0 Å². The van der Waals surface area contributed by atoms with Crippen LogP contribution in [0.2, 0.25) is 0 Å². The summed E-state index contributed by atoms with van der Waals surface area (Å²) in [6.07, 6.45) is 5.38. The molecule has 0 unspecified atom stereocenters. The predicted molar refractivity (Wildman–Crippen MR) is 159 cm³/mol. The number of piperazine rings is 1. The first-order valence-corrected chi connectivity index (χ1v) is 14.1. The highest BCUT2D eigenvalue weighted by Gasteiger charge is 2.29. The first-order valence-electron chi connectivity index (χ1n) is 13.3. The number of nitrogens with zero attached hydrogens (tertiary/aromatic N) is 5. The van der Waals surface area contributed by atoms with Gasteiger partial charge in [0.15, 0.2) is 0 Å². The van der Waals surface area contributed by atoms with E-state index >= 15 is 0 Å². The smallest absolute Gasteiger partial charge is 0.265 e. The lowest BCUT2D eigenvalue weighted by Crippen LogP contribution is -2.49. The lowest BCUT2D eigenvalue weighted by molar-refractivity contribution is -0.114. The number of amides is 2. The first-order chi connectivity index (χ1) is 19.6. The molecule has 2 aliphatic rings. The highest BCUT2D eigenvalue weighted by molar-refractivity contribution is 8.04. The molecule has 6 rings (SSSR count). The van der Waals surface area contributed by atoms with E-state index in [0.29, 0.717) is 49.1 Å². The van der Waals surface area contributed by atoms with Crippen LogP contribution in [0, 0.1) is 6.92 Å². The van der Waals surface area contributed by atoms with Crippen LogP contribution in [0.15, 0.2) is 101 Å². The van der Waals surface area contributed by atoms with E-state index in [1.54, 1.807) is 18.5 Å². The van der Waals surface area contributed by atoms with Crippen LogP contribution < -0.4 is 9.80 Å². The van der Waals surface area contributed by atoms with Gasteiger partial charge < -0.3 is 14.7 Å². The Kier molecular flexibility index (Phi) is 7.33. The largest absolute Gasteiger partial charge is 0.337 e. The topological polar surface area (TPSA) is 69.6 Å². The Morgan fingerprint density at radius 3 is 2.33 bits per heavy atom. The summed E-state index contributed by atoms with van der Waals surface area (Å²) in [4.78, 5) is 43.0. The molecule has 0 aliphatic carbocycles. The summed E-state index contributed by atoms with van der Waals surface area (Å²) in [5.41, 5.74) is 4.73. The summed E-state index contributed by atoms with van der Waals surface area (Å²) < 4.78 is 0. The van der Waals surface area contributed by atoms with Gasteiger partial charge in [0.1, 0.15) is 0 Å². The van der Waals surface area contributed by atoms with Crippen LogP contribution in [0.4, 0.5) is 11.6 Å². The Bertz CT molecular complexity index is 1560. The molecule has 1 fully saturated rings. The average molecular weight is 548 g/mol. The van der Waals surface area contributed by atoms with Gasteiger partial charge in [-0.25, -0.2) is 9.97 Å². The molecule has 40 heavy (non-hydrogen) atoms. The van der Waals surface area contributed by atoms with Crippen molar-refractivity contribution in [2.45, 2.75) is 18.4 Å². The number of para-hydroxylation sites is 1. The summed E-state index contributed by atoms with van der Waals surface area (Å²) in [5, 5.41) is 0. The van der Waals surface area contributed by atoms with Crippen molar-refractivity contribution in [3.63, 3.8) is 0 Å². The van der Waals surface area contributed by atoms with Crippen molar-refractivity contribution < 1.29 is 9.59 Å². The second kappa shape index (κ2) is 11.4. The predicted octanol–water partition coefficient (Wildman–Crippen LogP) is 5.43. The maximum atomic E-state index is 13.7. The summed E-state index contributed by atoms with van der Waals surface area (Å²) in [6, 6.07) is 25.5. The molecule has 3 heterocycles. The van der Waals surface area contributed by atoms with Gasteiger partial charge in [-0.15, -0.1) is 0 Å². The molecule has 0 radical (unpaired) electrons. The van der Waals surface area contributed by atoms with Gasteiger partial charge in [-0.2, -0.15) is 0 Å². The molecule has 4 aromatic rings. The fourth-order valence-corrected chi connectivity index (χ4v) is 6.06. The highest BCUT2D eigenvalue weighted by atomic mass is 32.2. The number of hydrogen-bond acceptors (Lipinski definition) is 6. The molecular formula is C32H29N5O2S. The van der Waals surface area contributed by atoms with Gasteiger partial charge in [0.25, 0.3) is 11.8 Å². The van der Waals surface area contributed by atoms with E-state index in [1.807, 2.05) is 70.5 Å². The number of carbonyl (C=O) groups is 2. The lowest BCUT2D eigenvalue weighted by atomic mass is 10.1. The van der Waals surface area contributed by atoms with E-state index in [2.05, 4.69) is 40.0 Å². The minimum absolute atomic E-state index is 0.00860. The third-order valence-corrected chi connectivity index (χ3v) is 8.36. The monoisotopic (exact) mass is 547 g/mol. The Morgan fingerprint density at radius 2 is 1.57 bits per heavy atom. The molecule has 200 valence electrons. The van der Waals surface area contributed by atoms with Gasteiger partial charge in [0, 0.05) is 49.0 Å². The fourth-order valence-electron chi connectivity index (χ4n) is 5.00. The standard InChI is InChI=1S/C32H29N5O2S/c1-23-7-2-3-8-26(23)22-37-27-9-4-5-10-28(27)40-29(31(37)39)21-24-11-13-25(14-12-24)30(38)35-17-19-36(20-18-35)32-33-15-6-16-34-32/h2-16,21H,17-20,22H2,1H3/b29-21+. The van der Waals surface area contributed by atoms with E-state index in [4.69, 9.17) is 0 Å². The molecule has 1 saturated heterocycles. The van der Waals surface area contributed by atoms with Crippen LogP contribution in [-0.4, -0.2) is 52.9 Å². The zero-order chi connectivity index (χ0) is 27.5. The second-order valence-corrected chi connectivity index (χ2v) is 10.9. The van der Waals surface area contributed by atoms with E-state index in [-0.39, 0.29) is 11.8 Å². The van der Waals surface area contributed by atoms with Crippen molar-refractivity contribution in [3.05, 3.63) is 118 Å². The van der Waals surface area contributed by atoms with E-state index in [1.165, 1.54) is 11.8 Å². The average Bonchev–Trinajstić information content (AvgIpc) is 3.01. The number of fused-ring (bicyclic) bond motifs is 1. The SMILES string of the molecule is Cc1ccccc1CN1C(=O)/C(=C\c2ccc(C(=O)N3CCN(c4ncccn4)CC3)cc2)Sc2ccccc21. The van der Waals surface area contributed by atoms with Crippen molar-refractivity contribution in [1.82, 2.24) is 14.9 Å². The first kappa shape index (κ1) is 25.8. The van der Waals surface area contributed by atoms with Gasteiger partial charge >= 0.3 is 0 Å². The van der Waals surface area contributed by atoms with Crippen molar-refractivity contribution >= 4 is 41.3 Å². The summed E-state index contributed by atoms with van der Waals surface area (Å²) >= 11 is 1.49.